The topological polar surface area (TPSA) is 23.5 Å². The summed E-state index contributed by atoms with van der Waals surface area (Å²) < 4.78 is 38.2. The zero-order valence-electron chi connectivity index (χ0n) is 11.2. The van der Waals surface area contributed by atoms with Gasteiger partial charge in [0.2, 0.25) is 0 Å². The largest absolute Gasteiger partial charge is 0.416 e. The molecular weight excluding hydrogens is 267 g/mol. The molecule has 0 saturated carbocycles. The highest BCUT2D eigenvalue weighted by molar-refractivity contribution is 5.27. The second-order valence-electron chi connectivity index (χ2n) is 6.01. The number of benzene rings is 1. The molecule has 0 aliphatic carbocycles. The van der Waals surface area contributed by atoms with E-state index in [0.717, 1.165) is 32.1 Å². The van der Waals surface area contributed by atoms with Crippen molar-refractivity contribution in [2.24, 2.45) is 5.92 Å². The van der Waals surface area contributed by atoms with Crippen LogP contribution in [0.4, 0.5) is 13.2 Å². The Morgan fingerprint density at radius 3 is 2.85 bits per heavy atom. The first-order valence-corrected chi connectivity index (χ1v) is 6.98. The van der Waals surface area contributed by atoms with Crippen molar-refractivity contribution in [2.75, 3.05) is 19.6 Å². The fourth-order valence-corrected chi connectivity index (χ4v) is 3.47. The predicted octanol–water partition coefficient (Wildman–Crippen LogP) is 2.70. The van der Waals surface area contributed by atoms with Gasteiger partial charge in [0.15, 0.2) is 0 Å². The molecule has 2 nitrogen and oxygen atoms in total. The highest BCUT2D eigenvalue weighted by atomic mass is 19.4. The lowest BCUT2D eigenvalue weighted by atomic mass is 9.78. The van der Waals surface area contributed by atoms with Crippen molar-refractivity contribution in [1.29, 1.82) is 0 Å². The number of nitrogens with zero attached hydrogens (tertiary/aromatic N) is 1. The van der Waals surface area contributed by atoms with E-state index < -0.39 is 17.3 Å². The number of fused-ring (bicyclic) bond motifs is 2. The summed E-state index contributed by atoms with van der Waals surface area (Å²) in [5.41, 5.74) is -0.915. The Morgan fingerprint density at radius 2 is 2.10 bits per heavy atom. The third-order valence-corrected chi connectivity index (χ3v) is 4.66. The number of alkyl halides is 3. The molecular formula is C15H18F3NO. The molecule has 0 aromatic heterocycles. The highest BCUT2D eigenvalue weighted by Crippen LogP contribution is 2.38. The third-order valence-electron chi connectivity index (χ3n) is 4.66. The maximum Gasteiger partial charge on any atom is 0.416 e. The normalized spacial score (nSPS) is 33.4. The fourth-order valence-electron chi connectivity index (χ4n) is 3.47. The summed E-state index contributed by atoms with van der Waals surface area (Å²) >= 11 is 0. The third kappa shape index (κ3) is 2.56. The van der Waals surface area contributed by atoms with Crippen molar-refractivity contribution in [1.82, 2.24) is 4.90 Å². The van der Waals surface area contributed by atoms with Crippen LogP contribution in [0.3, 0.4) is 0 Å². The summed E-state index contributed by atoms with van der Waals surface area (Å²) in [5, 5.41) is 10.8. The van der Waals surface area contributed by atoms with Crippen LogP contribution < -0.4 is 0 Å². The van der Waals surface area contributed by atoms with Crippen LogP contribution in [-0.2, 0) is 12.6 Å². The second kappa shape index (κ2) is 4.74. The van der Waals surface area contributed by atoms with Crippen LogP contribution in [-0.4, -0.2) is 35.2 Å². The summed E-state index contributed by atoms with van der Waals surface area (Å²) in [6, 6.07) is 5.34. The smallest absolute Gasteiger partial charge is 0.389 e. The monoisotopic (exact) mass is 285 g/mol. The molecule has 0 amide bonds. The van der Waals surface area contributed by atoms with Crippen LogP contribution in [0.5, 0.6) is 0 Å². The van der Waals surface area contributed by atoms with E-state index in [1.165, 1.54) is 12.1 Å². The van der Waals surface area contributed by atoms with Crippen LogP contribution in [0.15, 0.2) is 24.3 Å². The average molecular weight is 285 g/mol. The Labute approximate surface area is 116 Å². The fraction of sp³-hybridized carbons (Fsp3) is 0.600. The van der Waals surface area contributed by atoms with Gasteiger partial charge in [0.25, 0.3) is 0 Å². The van der Waals surface area contributed by atoms with Gasteiger partial charge < -0.3 is 10.0 Å². The number of hydrogen-bond donors (Lipinski definition) is 1. The van der Waals surface area contributed by atoms with E-state index in [-0.39, 0.29) is 5.92 Å². The Kier molecular flexibility index (Phi) is 3.29. The number of aliphatic hydroxyl groups is 1. The highest BCUT2D eigenvalue weighted by Gasteiger charge is 2.44. The van der Waals surface area contributed by atoms with E-state index in [0.29, 0.717) is 18.4 Å². The van der Waals surface area contributed by atoms with Gasteiger partial charge in [0.05, 0.1) is 11.2 Å². The Bertz CT molecular complexity index is 502. The number of rotatable bonds is 2. The van der Waals surface area contributed by atoms with Crippen molar-refractivity contribution in [3.8, 4) is 0 Å². The lowest BCUT2D eigenvalue weighted by molar-refractivity contribution is -0.137. The molecule has 2 saturated heterocycles. The number of hydrogen-bond acceptors (Lipinski definition) is 2. The summed E-state index contributed by atoms with van der Waals surface area (Å²) in [7, 11) is 0. The van der Waals surface area contributed by atoms with Crippen LogP contribution in [0.1, 0.15) is 24.0 Å². The van der Waals surface area contributed by atoms with E-state index in [4.69, 9.17) is 0 Å². The SMILES string of the molecule is OC1(Cc2cccc(C(F)(F)F)c2)CCN2CCC1C2. The molecule has 0 radical (unpaired) electrons. The molecule has 1 aromatic carbocycles. The van der Waals surface area contributed by atoms with Gasteiger partial charge in [-0.05, 0) is 31.0 Å². The van der Waals surface area contributed by atoms with Gasteiger partial charge in [-0.3, -0.25) is 0 Å². The molecule has 1 aromatic rings. The predicted molar refractivity (Wildman–Crippen MR) is 69.3 cm³/mol. The molecule has 5 heteroatoms. The van der Waals surface area contributed by atoms with Gasteiger partial charge in [-0.15, -0.1) is 0 Å². The lowest BCUT2D eigenvalue weighted by Crippen LogP contribution is -2.47. The quantitative estimate of drug-likeness (QED) is 0.903. The molecule has 110 valence electrons. The van der Waals surface area contributed by atoms with Crippen molar-refractivity contribution in [3.63, 3.8) is 0 Å². The second-order valence-corrected chi connectivity index (χ2v) is 6.01. The van der Waals surface area contributed by atoms with Crippen molar-refractivity contribution >= 4 is 0 Å². The minimum atomic E-state index is -4.32. The van der Waals surface area contributed by atoms with Crippen LogP contribution in [0, 0.1) is 5.92 Å². The van der Waals surface area contributed by atoms with Gasteiger partial charge in [-0.2, -0.15) is 13.2 Å². The zero-order chi connectivity index (χ0) is 14.4. The van der Waals surface area contributed by atoms with Crippen molar-refractivity contribution in [3.05, 3.63) is 35.4 Å². The van der Waals surface area contributed by atoms with Crippen LogP contribution >= 0.6 is 0 Å². The maximum absolute atomic E-state index is 12.7. The maximum atomic E-state index is 12.7. The molecule has 2 heterocycles. The van der Waals surface area contributed by atoms with E-state index >= 15 is 0 Å². The molecule has 2 bridgehead atoms. The molecule has 2 aliphatic heterocycles. The van der Waals surface area contributed by atoms with E-state index in [9.17, 15) is 18.3 Å². The van der Waals surface area contributed by atoms with Crippen LogP contribution in [0.25, 0.3) is 0 Å². The standard InChI is InChI=1S/C15H18F3NO/c16-15(17,18)12-3-1-2-11(8-12)9-14(20)5-7-19-6-4-13(14)10-19/h1-3,8,13,20H,4-7,9-10H2. The summed E-state index contributed by atoms with van der Waals surface area (Å²) in [6.45, 7) is 2.71. The average Bonchev–Trinajstić information content (AvgIpc) is 2.80. The first kappa shape index (κ1) is 13.9. The first-order valence-electron chi connectivity index (χ1n) is 6.98. The molecule has 2 fully saturated rings. The van der Waals surface area contributed by atoms with Crippen molar-refractivity contribution < 1.29 is 18.3 Å². The minimum absolute atomic E-state index is 0.186. The van der Waals surface area contributed by atoms with Crippen molar-refractivity contribution in [2.45, 2.75) is 31.0 Å². The minimum Gasteiger partial charge on any atom is -0.389 e. The van der Waals surface area contributed by atoms with E-state index in [1.807, 2.05) is 0 Å². The zero-order valence-corrected chi connectivity index (χ0v) is 11.2. The molecule has 20 heavy (non-hydrogen) atoms. The van der Waals surface area contributed by atoms with Gasteiger partial charge in [0, 0.05) is 25.4 Å². The molecule has 3 atom stereocenters. The van der Waals surface area contributed by atoms with Gasteiger partial charge >= 0.3 is 6.18 Å². The molecule has 3 unspecified atom stereocenters. The molecule has 2 aliphatic rings. The summed E-state index contributed by atoms with van der Waals surface area (Å²) in [5.74, 6) is 0.186. The van der Waals surface area contributed by atoms with Gasteiger partial charge in [-0.1, -0.05) is 18.2 Å². The Balaban J connectivity index is 1.80. The Morgan fingerprint density at radius 1 is 1.30 bits per heavy atom. The molecule has 1 N–H and O–H groups in total. The Hall–Kier alpha value is -1.07. The van der Waals surface area contributed by atoms with Crippen LogP contribution in [0.2, 0.25) is 0 Å². The van der Waals surface area contributed by atoms with Gasteiger partial charge in [-0.25, -0.2) is 0 Å². The lowest BCUT2D eigenvalue weighted by Gasteiger charge is -2.39. The number of piperidine rings is 1. The van der Waals surface area contributed by atoms with Gasteiger partial charge in [0.1, 0.15) is 0 Å². The summed E-state index contributed by atoms with van der Waals surface area (Å²) in [6.07, 6.45) is -2.42. The van der Waals surface area contributed by atoms with E-state index in [1.54, 1.807) is 6.07 Å². The molecule has 0 spiro atoms. The number of halogens is 3. The first-order chi connectivity index (χ1) is 9.37. The molecule has 3 rings (SSSR count). The summed E-state index contributed by atoms with van der Waals surface area (Å²) in [4.78, 5) is 2.31. The van der Waals surface area contributed by atoms with E-state index in [2.05, 4.69) is 4.90 Å².